The molecule has 3 aromatic rings. The van der Waals surface area contributed by atoms with Crippen LogP contribution in [0, 0.1) is 5.92 Å². The van der Waals surface area contributed by atoms with E-state index in [2.05, 4.69) is 51.2 Å². The highest BCUT2D eigenvalue weighted by Gasteiger charge is 2.13. The quantitative estimate of drug-likeness (QED) is 0.641. The van der Waals surface area contributed by atoms with Crippen molar-refractivity contribution in [2.75, 3.05) is 5.32 Å². The van der Waals surface area contributed by atoms with Gasteiger partial charge in [-0.2, -0.15) is 5.10 Å². The van der Waals surface area contributed by atoms with Crippen molar-refractivity contribution in [3.8, 4) is 11.1 Å². The second kappa shape index (κ2) is 6.92. The first-order valence-electron chi connectivity index (χ1n) is 8.66. The summed E-state index contributed by atoms with van der Waals surface area (Å²) in [6, 6.07) is 3.78. The monoisotopic (exact) mass is 381 g/mol. The lowest BCUT2D eigenvalue weighted by atomic mass is 10.0. The summed E-state index contributed by atoms with van der Waals surface area (Å²) in [7, 11) is 1.87. The minimum atomic E-state index is 0.418. The van der Waals surface area contributed by atoms with Crippen LogP contribution in [0.15, 0.2) is 54.4 Å². The van der Waals surface area contributed by atoms with Crippen LogP contribution in [-0.2, 0) is 7.05 Å². The number of hydrogen-bond acceptors (Lipinski definition) is 6. The molecule has 8 heteroatoms. The van der Waals surface area contributed by atoms with Gasteiger partial charge in [0.1, 0.15) is 17.2 Å². The minimum absolute atomic E-state index is 0.418. The van der Waals surface area contributed by atoms with Gasteiger partial charge in [-0.05, 0) is 29.7 Å². The number of anilines is 1. The number of nitrogens with zero attached hydrogens (tertiary/aromatic N) is 4. The molecule has 0 aromatic carbocycles. The molecule has 0 unspecified atom stereocenters. The maximum atomic E-state index is 6.65. The molecule has 3 aromatic heterocycles. The lowest BCUT2D eigenvalue weighted by molar-refractivity contribution is 0.677. The standard InChI is InChI=1S/C19H20ClN7/c1-11(2)12-6-17(26-22-7-12)24-16-5-4-15-19(25-16)18(20)14(9-21-15)13-8-23-27(3)10-13/h4-11,22,26H,1-3H3,(H,24,25). The first-order chi connectivity index (χ1) is 13.0. The Kier molecular flexibility index (Phi) is 4.45. The number of nitrogens with one attached hydrogen (secondary N) is 3. The van der Waals surface area contributed by atoms with Gasteiger partial charge in [-0.25, -0.2) is 4.98 Å². The van der Waals surface area contributed by atoms with Crippen LogP contribution >= 0.6 is 11.6 Å². The fourth-order valence-electron chi connectivity index (χ4n) is 2.85. The van der Waals surface area contributed by atoms with E-state index in [1.807, 2.05) is 31.6 Å². The summed E-state index contributed by atoms with van der Waals surface area (Å²) in [5.74, 6) is 1.92. The predicted octanol–water partition coefficient (Wildman–Crippen LogP) is 3.58. The van der Waals surface area contributed by atoms with Crippen molar-refractivity contribution in [2.45, 2.75) is 13.8 Å². The van der Waals surface area contributed by atoms with Crippen LogP contribution < -0.4 is 16.2 Å². The van der Waals surface area contributed by atoms with Gasteiger partial charge in [-0.15, -0.1) is 0 Å². The second-order valence-electron chi connectivity index (χ2n) is 6.70. The van der Waals surface area contributed by atoms with Gasteiger partial charge >= 0.3 is 0 Å². The molecule has 4 heterocycles. The highest BCUT2D eigenvalue weighted by molar-refractivity contribution is 6.37. The summed E-state index contributed by atoms with van der Waals surface area (Å²) >= 11 is 6.65. The van der Waals surface area contributed by atoms with Crippen molar-refractivity contribution in [2.24, 2.45) is 13.0 Å². The van der Waals surface area contributed by atoms with Crippen LogP contribution in [-0.4, -0.2) is 19.7 Å². The van der Waals surface area contributed by atoms with E-state index in [0.29, 0.717) is 22.3 Å². The molecule has 0 amide bonds. The van der Waals surface area contributed by atoms with Crippen LogP contribution in [0.2, 0.25) is 5.02 Å². The van der Waals surface area contributed by atoms with Crippen molar-refractivity contribution in [1.29, 1.82) is 0 Å². The Labute approximate surface area is 162 Å². The fraction of sp³-hybridized carbons (Fsp3) is 0.211. The number of aryl methyl sites for hydroxylation is 1. The minimum Gasteiger partial charge on any atom is -0.325 e. The normalized spacial score (nSPS) is 13.8. The number of pyridine rings is 2. The molecule has 138 valence electrons. The summed E-state index contributed by atoms with van der Waals surface area (Å²) in [6.07, 6.45) is 9.42. The largest absolute Gasteiger partial charge is 0.325 e. The molecular formula is C19H20ClN7. The summed E-state index contributed by atoms with van der Waals surface area (Å²) in [4.78, 5) is 9.16. The summed E-state index contributed by atoms with van der Waals surface area (Å²) < 4.78 is 1.73. The average molecular weight is 382 g/mol. The van der Waals surface area contributed by atoms with Gasteiger partial charge < -0.3 is 10.7 Å². The van der Waals surface area contributed by atoms with E-state index in [1.54, 1.807) is 17.1 Å². The first kappa shape index (κ1) is 17.4. The third-order valence-corrected chi connectivity index (χ3v) is 4.74. The van der Waals surface area contributed by atoms with Crippen LogP contribution in [0.3, 0.4) is 0 Å². The molecule has 0 spiro atoms. The number of allylic oxidation sites excluding steroid dienone is 2. The molecule has 0 atom stereocenters. The Bertz CT molecular complexity index is 1070. The van der Waals surface area contributed by atoms with Gasteiger partial charge in [0.15, 0.2) is 0 Å². The SMILES string of the molecule is CC(C)C1=CNNC(Nc2ccc3ncc(-c4cnn(C)c4)c(Cl)c3n2)=C1. The topological polar surface area (TPSA) is 79.7 Å². The Morgan fingerprint density at radius 2 is 2.07 bits per heavy atom. The van der Waals surface area contributed by atoms with E-state index >= 15 is 0 Å². The average Bonchev–Trinajstić information content (AvgIpc) is 3.09. The van der Waals surface area contributed by atoms with E-state index in [4.69, 9.17) is 11.6 Å². The molecule has 0 bridgehead atoms. The van der Waals surface area contributed by atoms with E-state index in [9.17, 15) is 0 Å². The van der Waals surface area contributed by atoms with Crippen molar-refractivity contribution in [3.05, 3.63) is 59.4 Å². The van der Waals surface area contributed by atoms with Crippen LogP contribution in [0.1, 0.15) is 13.8 Å². The van der Waals surface area contributed by atoms with Crippen molar-refractivity contribution < 1.29 is 0 Å². The zero-order chi connectivity index (χ0) is 19.0. The number of rotatable bonds is 4. The molecule has 1 aliphatic rings. The Morgan fingerprint density at radius 1 is 1.22 bits per heavy atom. The molecule has 3 N–H and O–H groups in total. The molecule has 0 fully saturated rings. The number of hydrogen-bond donors (Lipinski definition) is 3. The predicted molar refractivity (Wildman–Crippen MR) is 108 cm³/mol. The summed E-state index contributed by atoms with van der Waals surface area (Å²) in [5.41, 5.74) is 10.4. The highest BCUT2D eigenvalue weighted by Crippen LogP contribution is 2.32. The van der Waals surface area contributed by atoms with Crippen molar-refractivity contribution >= 4 is 28.5 Å². The van der Waals surface area contributed by atoms with Crippen LogP contribution in [0.4, 0.5) is 5.82 Å². The Balaban J connectivity index is 1.69. The Morgan fingerprint density at radius 3 is 2.81 bits per heavy atom. The second-order valence-corrected chi connectivity index (χ2v) is 7.08. The third-order valence-electron chi connectivity index (χ3n) is 4.35. The van der Waals surface area contributed by atoms with E-state index in [0.717, 1.165) is 22.5 Å². The molecule has 27 heavy (non-hydrogen) atoms. The molecule has 1 aliphatic heterocycles. The maximum Gasteiger partial charge on any atom is 0.132 e. The molecule has 0 saturated heterocycles. The summed E-state index contributed by atoms with van der Waals surface area (Å²) in [6.45, 7) is 4.29. The number of aromatic nitrogens is 4. The van der Waals surface area contributed by atoms with Gasteiger partial charge in [0.2, 0.25) is 0 Å². The summed E-state index contributed by atoms with van der Waals surface area (Å²) in [5, 5.41) is 8.04. The highest BCUT2D eigenvalue weighted by atomic mass is 35.5. The lowest BCUT2D eigenvalue weighted by Gasteiger charge is -2.20. The smallest absolute Gasteiger partial charge is 0.132 e. The zero-order valence-corrected chi connectivity index (χ0v) is 16.0. The van der Waals surface area contributed by atoms with Gasteiger partial charge in [0, 0.05) is 36.8 Å². The van der Waals surface area contributed by atoms with Gasteiger partial charge in [0.25, 0.3) is 0 Å². The number of fused-ring (bicyclic) bond motifs is 1. The third kappa shape index (κ3) is 3.46. The first-order valence-corrected chi connectivity index (χ1v) is 9.03. The molecule has 7 nitrogen and oxygen atoms in total. The molecule has 0 aliphatic carbocycles. The Hall–Kier alpha value is -3.06. The number of hydrazine groups is 1. The van der Waals surface area contributed by atoms with Crippen molar-refractivity contribution in [1.82, 2.24) is 30.6 Å². The molecule has 0 radical (unpaired) electrons. The van der Waals surface area contributed by atoms with Crippen LogP contribution in [0.5, 0.6) is 0 Å². The van der Waals surface area contributed by atoms with Gasteiger partial charge in [-0.1, -0.05) is 25.4 Å². The lowest BCUT2D eigenvalue weighted by Crippen LogP contribution is -2.33. The maximum absolute atomic E-state index is 6.65. The molecular weight excluding hydrogens is 362 g/mol. The van der Waals surface area contributed by atoms with E-state index < -0.39 is 0 Å². The van der Waals surface area contributed by atoms with Crippen LogP contribution in [0.25, 0.3) is 22.2 Å². The zero-order valence-electron chi connectivity index (χ0n) is 15.3. The van der Waals surface area contributed by atoms with Crippen molar-refractivity contribution in [3.63, 3.8) is 0 Å². The van der Waals surface area contributed by atoms with Gasteiger partial charge in [-0.3, -0.25) is 15.1 Å². The fourth-order valence-corrected chi connectivity index (χ4v) is 3.14. The molecule has 4 rings (SSSR count). The van der Waals surface area contributed by atoms with E-state index in [-0.39, 0.29) is 0 Å². The number of halogens is 1. The molecule has 0 saturated carbocycles. The van der Waals surface area contributed by atoms with E-state index in [1.165, 1.54) is 5.57 Å². The van der Waals surface area contributed by atoms with Gasteiger partial charge in [0.05, 0.1) is 16.7 Å².